The van der Waals surface area contributed by atoms with E-state index in [1.165, 1.54) is 54.0 Å². The van der Waals surface area contributed by atoms with E-state index >= 15 is 0 Å². The minimum absolute atomic E-state index is 0.886. The van der Waals surface area contributed by atoms with Gasteiger partial charge in [-0.3, -0.25) is 0 Å². The molecule has 21 heavy (non-hydrogen) atoms. The van der Waals surface area contributed by atoms with E-state index in [0.717, 1.165) is 6.54 Å². The lowest BCUT2D eigenvalue weighted by Gasteiger charge is -2.19. The lowest BCUT2D eigenvalue weighted by atomic mass is 10.0. The van der Waals surface area contributed by atoms with E-state index in [0.29, 0.717) is 0 Å². The van der Waals surface area contributed by atoms with E-state index in [4.69, 9.17) is 0 Å². The Kier molecular flexibility index (Phi) is 4.14. The summed E-state index contributed by atoms with van der Waals surface area (Å²) in [6, 6.07) is 15.3. The van der Waals surface area contributed by atoms with E-state index in [1.54, 1.807) is 0 Å². The second-order valence-electron chi connectivity index (χ2n) is 5.96. The third kappa shape index (κ3) is 3.21. The van der Waals surface area contributed by atoms with Gasteiger partial charge in [-0.15, -0.1) is 0 Å². The van der Waals surface area contributed by atoms with E-state index in [9.17, 15) is 0 Å². The van der Waals surface area contributed by atoms with Crippen LogP contribution in [0.3, 0.4) is 0 Å². The van der Waals surface area contributed by atoms with Crippen molar-refractivity contribution in [2.75, 3.05) is 23.3 Å². The molecule has 2 nitrogen and oxygen atoms in total. The van der Waals surface area contributed by atoms with Gasteiger partial charge in [0.15, 0.2) is 0 Å². The van der Waals surface area contributed by atoms with Gasteiger partial charge in [-0.1, -0.05) is 24.3 Å². The van der Waals surface area contributed by atoms with E-state index in [2.05, 4.69) is 66.5 Å². The number of nitrogens with one attached hydrogen (secondary N) is 1. The average Bonchev–Trinajstić information content (AvgIpc) is 3.03. The lowest BCUT2D eigenvalue weighted by Crippen LogP contribution is -2.17. The van der Waals surface area contributed by atoms with Crippen molar-refractivity contribution in [2.45, 2.75) is 33.2 Å². The van der Waals surface area contributed by atoms with Crippen LogP contribution >= 0.6 is 0 Å². The molecule has 0 radical (unpaired) electrons. The highest BCUT2D eigenvalue weighted by molar-refractivity contribution is 5.58. The number of hydrogen-bond acceptors (Lipinski definition) is 2. The van der Waals surface area contributed by atoms with Crippen LogP contribution in [-0.4, -0.2) is 13.1 Å². The minimum Gasteiger partial charge on any atom is -0.381 e. The van der Waals surface area contributed by atoms with E-state index < -0.39 is 0 Å². The van der Waals surface area contributed by atoms with Crippen molar-refractivity contribution in [1.29, 1.82) is 0 Å². The van der Waals surface area contributed by atoms with Gasteiger partial charge in [0.1, 0.15) is 0 Å². The first-order valence-corrected chi connectivity index (χ1v) is 7.88. The van der Waals surface area contributed by atoms with Crippen LogP contribution in [0.5, 0.6) is 0 Å². The fourth-order valence-corrected chi connectivity index (χ4v) is 2.99. The van der Waals surface area contributed by atoms with Gasteiger partial charge in [0, 0.05) is 31.0 Å². The third-order valence-corrected chi connectivity index (χ3v) is 4.52. The fraction of sp³-hybridized carbons (Fsp3) is 0.368. The molecule has 0 aliphatic carbocycles. The zero-order valence-electron chi connectivity index (χ0n) is 13.0. The molecule has 1 heterocycles. The van der Waals surface area contributed by atoms with Crippen molar-refractivity contribution in [3.63, 3.8) is 0 Å². The summed E-state index contributed by atoms with van der Waals surface area (Å²) in [5, 5.41) is 3.57. The molecule has 0 saturated carbocycles. The van der Waals surface area contributed by atoms with Crippen molar-refractivity contribution < 1.29 is 0 Å². The monoisotopic (exact) mass is 280 g/mol. The van der Waals surface area contributed by atoms with Crippen molar-refractivity contribution in [3.05, 3.63) is 59.2 Å². The maximum absolute atomic E-state index is 3.57. The van der Waals surface area contributed by atoms with Crippen LogP contribution in [-0.2, 0) is 6.54 Å². The summed E-state index contributed by atoms with van der Waals surface area (Å²) in [6.45, 7) is 7.65. The molecule has 110 valence electrons. The molecule has 0 aromatic heterocycles. The molecule has 1 aliphatic heterocycles. The van der Waals surface area contributed by atoms with Gasteiger partial charge in [-0.05, 0) is 61.6 Å². The average molecular weight is 280 g/mol. The molecule has 2 aromatic rings. The molecule has 0 bridgehead atoms. The standard InChI is InChI=1S/C19H24N2/c1-15-7-5-8-17(16(15)2)14-20-18-9-6-10-19(13-18)21-11-3-4-12-21/h5-10,13,20H,3-4,11-12,14H2,1-2H3. The van der Waals surface area contributed by atoms with Gasteiger partial charge in [0.25, 0.3) is 0 Å². The lowest BCUT2D eigenvalue weighted by molar-refractivity contribution is 0.949. The SMILES string of the molecule is Cc1cccc(CNc2cccc(N3CCCC3)c2)c1C. The molecular formula is C19H24N2. The maximum atomic E-state index is 3.57. The second-order valence-corrected chi connectivity index (χ2v) is 5.96. The van der Waals surface area contributed by atoms with Crippen molar-refractivity contribution >= 4 is 11.4 Å². The first kappa shape index (κ1) is 14.0. The molecule has 1 fully saturated rings. The van der Waals surface area contributed by atoms with Crippen LogP contribution in [0, 0.1) is 13.8 Å². The highest BCUT2D eigenvalue weighted by Crippen LogP contribution is 2.24. The van der Waals surface area contributed by atoms with Gasteiger partial charge in [0.2, 0.25) is 0 Å². The Labute approximate surface area is 127 Å². The van der Waals surface area contributed by atoms with Crippen molar-refractivity contribution in [3.8, 4) is 0 Å². The number of anilines is 2. The van der Waals surface area contributed by atoms with Crippen LogP contribution in [0.2, 0.25) is 0 Å². The van der Waals surface area contributed by atoms with Gasteiger partial charge < -0.3 is 10.2 Å². The van der Waals surface area contributed by atoms with E-state index in [1.807, 2.05) is 0 Å². The Morgan fingerprint density at radius 2 is 1.76 bits per heavy atom. The Morgan fingerprint density at radius 1 is 1.00 bits per heavy atom. The molecule has 0 atom stereocenters. The minimum atomic E-state index is 0.886. The van der Waals surface area contributed by atoms with Gasteiger partial charge in [-0.25, -0.2) is 0 Å². The Balaban J connectivity index is 1.70. The molecule has 3 rings (SSSR count). The first-order chi connectivity index (χ1) is 10.2. The summed E-state index contributed by atoms with van der Waals surface area (Å²) in [5.41, 5.74) is 6.68. The quantitative estimate of drug-likeness (QED) is 0.886. The fourth-order valence-electron chi connectivity index (χ4n) is 2.99. The van der Waals surface area contributed by atoms with Crippen LogP contribution in [0.4, 0.5) is 11.4 Å². The van der Waals surface area contributed by atoms with Gasteiger partial charge in [-0.2, -0.15) is 0 Å². The number of rotatable bonds is 4. The summed E-state index contributed by atoms with van der Waals surface area (Å²) in [5.74, 6) is 0. The molecule has 0 unspecified atom stereocenters. The highest BCUT2D eigenvalue weighted by atomic mass is 15.1. The molecule has 2 heteroatoms. The number of aryl methyl sites for hydroxylation is 1. The Bertz CT molecular complexity index is 613. The van der Waals surface area contributed by atoms with Crippen molar-refractivity contribution in [2.24, 2.45) is 0 Å². The number of hydrogen-bond donors (Lipinski definition) is 1. The molecule has 0 spiro atoms. The van der Waals surface area contributed by atoms with Gasteiger partial charge >= 0.3 is 0 Å². The predicted octanol–water partition coefficient (Wildman–Crippen LogP) is 4.52. The van der Waals surface area contributed by atoms with Crippen LogP contribution < -0.4 is 10.2 Å². The molecule has 1 saturated heterocycles. The van der Waals surface area contributed by atoms with Gasteiger partial charge in [0.05, 0.1) is 0 Å². The largest absolute Gasteiger partial charge is 0.381 e. The molecule has 2 aromatic carbocycles. The summed E-state index contributed by atoms with van der Waals surface area (Å²) in [7, 11) is 0. The molecule has 1 N–H and O–H groups in total. The zero-order chi connectivity index (χ0) is 14.7. The molecular weight excluding hydrogens is 256 g/mol. The zero-order valence-corrected chi connectivity index (χ0v) is 13.0. The smallest absolute Gasteiger partial charge is 0.0403 e. The topological polar surface area (TPSA) is 15.3 Å². The van der Waals surface area contributed by atoms with Crippen LogP contribution in [0.1, 0.15) is 29.5 Å². The Hall–Kier alpha value is -1.96. The first-order valence-electron chi connectivity index (χ1n) is 7.88. The van der Waals surface area contributed by atoms with Crippen molar-refractivity contribution in [1.82, 2.24) is 0 Å². The predicted molar refractivity (Wildman–Crippen MR) is 91.1 cm³/mol. The summed E-state index contributed by atoms with van der Waals surface area (Å²) >= 11 is 0. The Morgan fingerprint density at radius 3 is 2.57 bits per heavy atom. The highest BCUT2D eigenvalue weighted by Gasteiger charge is 2.12. The summed E-state index contributed by atoms with van der Waals surface area (Å²) in [6.07, 6.45) is 2.64. The van der Waals surface area contributed by atoms with E-state index in [-0.39, 0.29) is 0 Å². The maximum Gasteiger partial charge on any atom is 0.0403 e. The molecule has 1 aliphatic rings. The summed E-state index contributed by atoms with van der Waals surface area (Å²) in [4.78, 5) is 2.48. The summed E-state index contributed by atoms with van der Waals surface area (Å²) < 4.78 is 0. The van der Waals surface area contributed by atoms with Crippen LogP contribution in [0.25, 0.3) is 0 Å². The van der Waals surface area contributed by atoms with Crippen LogP contribution in [0.15, 0.2) is 42.5 Å². The number of nitrogens with zero attached hydrogens (tertiary/aromatic N) is 1. The second kappa shape index (κ2) is 6.21. The third-order valence-electron chi connectivity index (χ3n) is 4.52. The normalized spacial score (nSPS) is 14.5. The molecule has 0 amide bonds. The number of benzene rings is 2.